The maximum absolute atomic E-state index is 14.2. The van der Waals surface area contributed by atoms with Crippen molar-refractivity contribution in [1.82, 2.24) is 0 Å². The summed E-state index contributed by atoms with van der Waals surface area (Å²) in [6.07, 6.45) is 0. The largest absolute Gasteiger partial charge is 0.478 e. The highest BCUT2D eigenvalue weighted by molar-refractivity contribution is 6.57. The summed E-state index contributed by atoms with van der Waals surface area (Å²) in [4.78, 5) is 81.6. The van der Waals surface area contributed by atoms with Crippen LogP contribution in [0.4, 0.5) is 22.7 Å². The molecule has 0 aromatic heterocycles. The molecular weight excluding hydrogens is 782 g/mol. The van der Waals surface area contributed by atoms with Gasteiger partial charge in [0.1, 0.15) is 0 Å². The van der Waals surface area contributed by atoms with Gasteiger partial charge in [-0.15, -0.1) is 0 Å². The Morgan fingerprint density at radius 1 is 0.444 bits per heavy atom. The number of carboxylic acid groups (broad SMARTS) is 2. The Hall–Kier alpha value is -6.18. The number of aromatic carboxylic acids is 2. The van der Waals surface area contributed by atoms with Crippen LogP contribution >= 0.6 is 46.4 Å². The second-order valence-corrected chi connectivity index (χ2v) is 14.3. The molecule has 2 aliphatic heterocycles. The fourth-order valence-electron chi connectivity index (χ4n) is 7.70. The van der Waals surface area contributed by atoms with Gasteiger partial charge in [-0.3, -0.25) is 19.2 Å². The number of hydrogen-bond donors (Lipinski definition) is 4. The number of carbonyl (C=O) groups is 6. The molecule has 7 aromatic rings. The van der Waals surface area contributed by atoms with Gasteiger partial charge in [-0.25, -0.2) is 19.4 Å². The fraction of sp³-hybridized carbons (Fsp3) is 0. The van der Waals surface area contributed by atoms with Crippen LogP contribution in [0.25, 0.3) is 43.1 Å². The van der Waals surface area contributed by atoms with Gasteiger partial charge in [-0.1, -0.05) is 46.4 Å². The number of nitrogens with zero attached hydrogens (tertiary/aromatic N) is 2. The second kappa shape index (κ2) is 11.2. The molecule has 12 nitrogen and oxygen atoms in total. The summed E-state index contributed by atoms with van der Waals surface area (Å²) in [7, 11) is 0. The van der Waals surface area contributed by atoms with Gasteiger partial charge in [0.25, 0.3) is 23.6 Å². The Balaban J connectivity index is 1.34. The van der Waals surface area contributed by atoms with Gasteiger partial charge in [0, 0.05) is 74.6 Å². The third-order valence-electron chi connectivity index (χ3n) is 9.90. The number of benzene rings is 7. The van der Waals surface area contributed by atoms with Crippen LogP contribution in [0, 0.1) is 0 Å². The standard InChI is InChI=1S/C38H16Cl4N4O8/c39-19-7-15-25-16(34(48)45(33(15)47)11-1-3-13(37(51)52)23(43)5-11)8-20(40)28-30-22(42)10-18-26-17(9-21(41)29(32(26)30)27(19)31(25)28)35(49)46(36(18)50)12-2-4-14(38(53)54)24(44)6-12/h1-10H,43-44H2,(H,51,52)(H,53,54). The van der Waals surface area contributed by atoms with E-state index in [4.69, 9.17) is 57.9 Å². The Bertz CT molecular complexity index is 2740. The number of imide groups is 2. The lowest BCUT2D eigenvalue weighted by Crippen LogP contribution is -2.41. The zero-order valence-corrected chi connectivity index (χ0v) is 29.7. The van der Waals surface area contributed by atoms with Crippen LogP contribution in [-0.2, 0) is 0 Å². The molecule has 16 heteroatoms. The van der Waals surface area contributed by atoms with E-state index in [0.717, 1.165) is 9.80 Å². The molecule has 0 spiro atoms. The van der Waals surface area contributed by atoms with Gasteiger partial charge in [0.05, 0.1) is 44.8 Å². The quantitative estimate of drug-likeness (QED) is 0.0579. The van der Waals surface area contributed by atoms with Gasteiger partial charge in [0.2, 0.25) is 0 Å². The maximum atomic E-state index is 14.2. The average molecular weight is 798 g/mol. The summed E-state index contributed by atoms with van der Waals surface area (Å²) in [6, 6.07) is 12.8. The first kappa shape index (κ1) is 33.6. The molecule has 6 N–H and O–H groups in total. The summed E-state index contributed by atoms with van der Waals surface area (Å²) in [5.74, 6) is -5.70. The average Bonchev–Trinajstić information content (AvgIpc) is 3.10. The Kier molecular flexibility index (Phi) is 6.96. The number of anilines is 4. The van der Waals surface area contributed by atoms with E-state index in [1.807, 2.05) is 0 Å². The maximum Gasteiger partial charge on any atom is 0.337 e. The lowest BCUT2D eigenvalue weighted by atomic mass is 9.82. The second-order valence-electron chi connectivity index (χ2n) is 12.7. The number of halogens is 4. The van der Waals surface area contributed by atoms with Crippen LogP contribution < -0.4 is 21.3 Å². The van der Waals surface area contributed by atoms with E-state index in [1.54, 1.807) is 0 Å². The van der Waals surface area contributed by atoms with Crippen molar-refractivity contribution in [3.63, 3.8) is 0 Å². The van der Waals surface area contributed by atoms with Crippen LogP contribution in [0.15, 0.2) is 60.7 Å². The van der Waals surface area contributed by atoms with Crippen molar-refractivity contribution < 1.29 is 39.0 Å². The first-order valence-electron chi connectivity index (χ1n) is 15.6. The Labute approximate surface area is 320 Å². The van der Waals surface area contributed by atoms with Gasteiger partial charge in [-0.2, -0.15) is 0 Å². The molecule has 0 aliphatic carbocycles. The molecule has 0 radical (unpaired) electrons. The lowest BCUT2D eigenvalue weighted by Gasteiger charge is -2.31. The predicted octanol–water partition coefficient (Wildman–Crippen LogP) is 8.51. The number of hydrogen-bond acceptors (Lipinski definition) is 8. The molecule has 2 aliphatic rings. The number of carboxylic acids is 2. The van der Waals surface area contributed by atoms with Gasteiger partial charge in [-0.05, 0) is 60.7 Å². The third kappa shape index (κ3) is 4.21. The number of fused-ring (bicyclic) bond motifs is 2. The van der Waals surface area contributed by atoms with Crippen molar-refractivity contribution in [3.05, 3.63) is 114 Å². The molecule has 0 atom stereocenters. The van der Waals surface area contributed by atoms with E-state index in [2.05, 4.69) is 0 Å². The first-order chi connectivity index (χ1) is 25.6. The van der Waals surface area contributed by atoms with Crippen molar-refractivity contribution in [1.29, 1.82) is 0 Å². The summed E-state index contributed by atoms with van der Waals surface area (Å²) in [5.41, 5.74) is 11.2. The van der Waals surface area contributed by atoms with E-state index >= 15 is 0 Å². The Morgan fingerprint density at radius 3 is 0.963 bits per heavy atom. The molecule has 264 valence electrons. The van der Waals surface area contributed by atoms with Crippen LogP contribution in [0.1, 0.15) is 62.1 Å². The number of carbonyl (C=O) groups excluding carboxylic acids is 4. The number of amides is 4. The Morgan fingerprint density at radius 2 is 0.722 bits per heavy atom. The molecule has 2 heterocycles. The van der Waals surface area contributed by atoms with Crippen molar-refractivity contribution in [3.8, 4) is 0 Å². The number of nitrogens with two attached hydrogens (primary N) is 2. The summed E-state index contributed by atoms with van der Waals surface area (Å²) < 4.78 is 0. The monoisotopic (exact) mass is 796 g/mol. The minimum atomic E-state index is -1.29. The lowest BCUT2D eigenvalue weighted by molar-refractivity contribution is 0.0687. The molecule has 0 bridgehead atoms. The zero-order valence-electron chi connectivity index (χ0n) is 26.7. The van der Waals surface area contributed by atoms with E-state index in [1.165, 1.54) is 60.7 Å². The van der Waals surface area contributed by atoms with Crippen molar-refractivity contribution in [2.75, 3.05) is 21.3 Å². The third-order valence-corrected chi connectivity index (χ3v) is 11.1. The van der Waals surface area contributed by atoms with Gasteiger partial charge >= 0.3 is 11.9 Å². The van der Waals surface area contributed by atoms with Gasteiger partial charge < -0.3 is 21.7 Å². The molecule has 9 rings (SSSR count). The van der Waals surface area contributed by atoms with E-state index in [0.29, 0.717) is 0 Å². The van der Waals surface area contributed by atoms with Crippen LogP contribution in [0.3, 0.4) is 0 Å². The first-order valence-corrected chi connectivity index (χ1v) is 17.1. The molecule has 0 fully saturated rings. The van der Waals surface area contributed by atoms with E-state index in [-0.39, 0.29) is 119 Å². The molecular formula is C38H16Cl4N4O8. The fourth-order valence-corrected chi connectivity index (χ4v) is 8.89. The number of rotatable bonds is 4. The minimum Gasteiger partial charge on any atom is -0.478 e. The molecule has 54 heavy (non-hydrogen) atoms. The minimum absolute atomic E-state index is 0.0124. The summed E-state index contributed by atoms with van der Waals surface area (Å²) in [6.45, 7) is 0. The highest BCUT2D eigenvalue weighted by atomic mass is 35.5. The predicted molar refractivity (Wildman–Crippen MR) is 206 cm³/mol. The van der Waals surface area contributed by atoms with Crippen LogP contribution in [0.2, 0.25) is 20.1 Å². The number of nitrogen functional groups attached to an aromatic ring is 2. The van der Waals surface area contributed by atoms with Gasteiger partial charge in [0.15, 0.2) is 0 Å². The smallest absolute Gasteiger partial charge is 0.337 e. The normalized spacial score (nSPS) is 14.1. The molecule has 4 amide bonds. The van der Waals surface area contributed by atoms with Crippen LogP contribution in [0.5, 0.6) is 0 Å². The van der Waals surface area contributed by atoms with Crippen molar-refractivity contribution in [2.24, 2.45) is 0 Å². The molecule has 7 aromatic carbocycles. The van der Waals surface area contributed by atoms with E-state index in [9.17, 15) is 39.0 Å². The zero-order chi connectivity index (χ0) is 38.4. The van der Waals surface area contributed by atoms with Crippen LogP contribution in [-0.4, -0.2) is 45.8 Å². The molecule has 0 saturated carbocycles. The highest BCUT2D eigenvalue weighted by Crippen LogP contribution is 2.54. The summed E-state index contributed by atoms with van der Waals surface area (Å²) in [5, 5.41) is 21.0. The summed E-state index contributed by atoms with van der Waals surface area (Å²) >= 11 is 28.1. The topological polar surface area (TPSA) is 201 Å². The highest BCUT2D eigenvalue weighted by Gasteiger charge is 2.40. The SMILES string of the molecule is Nc1cc(N2C(=O)c3cc(Cl)c4c5c(Cl)cc6c7c(cc(Cl)c(c8c(Cl)cc(c3c48)C2=O)c75)C(=O)N(c2ccc(C(=O)O)c(N)c2)C6=O)ccc1C(=O)O. The van der Waals surface area contributed by atoms with Crippen molar-refractivity contribution >= 4 is 148 Å². The van der Waals surface area contributed by atoms with Crippen molar-refractivity contribution in [2.45, 2.75) is 0 Å². The molecule has 0 saturated heterocycles. The van der Waals surface area contributed by atoms with E-state index < -0.39 is 35.6 Å². The molecule has 0 unspecified atom stereocenters.